The highest BCUT2D eigenvalue weighted by Gasteiger charge is 2.34. The number of amides is 1. The number of benzene rings is 1. The van der Waals surface area contributed by atoms with Crippen LogP contribution in [-0.2, 0) is 4.79 Å². The molecule has 2 heterocycles. The standard InChI is InChI=1S/C15H15NO2S2/c17-12(11-5-2-1-3-6-11)9-16-14(18)10-20-15(16)13-7-4-8-19-13/h1-8,12,15,17H,9-10H2. The van der Waals surface area contributed by atoms with Crippen LogP contribution >= 0.6 is 23.1 Å². The topological polar surface area (TPSA) is 40.5 Å². The van der Waals surface area contributed by atoms with E-state index < -0.39 is 6.10 Å². The van der Waals surface area contributed by atoms with E-state index in [1.54, 1.807) is 28.0 Å². The molecule has 5 heteroatoms. The number of thiophene rings is 1. The molecule has 3 rings (SSSR count). The van der Waals surface area contributed by atoms with E-state index >= 15 is 0 Å². The quantitative estimate of drug-likeness (QED) is 0.944. The lowest BCUT2D eigenvalue weighted by Gasteiger charge is -2.25. The Hall–Kier alpha value is -1.30. The van der Waals surface area contributed by atoms with Crippen LogP contribution in [0.25, 0.3) is 0 Å². The van der Waals surface area contributed by atoms with Gasteiger partial charge in [-0.1, -0.05) is 36.4 Å². The van der Waals surface area contributed by atoms with Crippen LogP contribution in [0.3, 0.4) is 0 Å². The molecule has 0 radical (unpaired) electrons. The molecule has 1 saturated heterocycles. The maximum absolute atomic E-state index is 12.0. The summed E-state index contributed by atoms with van der Waals surface area (Å²) in [5, 5.41) is 12.4. The summed E-state index contributed by atoms with van der Waals surface area (Å²) in [6.07, 6.45) is -0.638. The zero-order valence-electron chi connectivity index (χ0n) is 10.8. The Bertz CT molecular complexity index is 571. The van der Waals surface area contributed by atoms with Crippen molar-refractivity contribution in [2.24, 2.45) is 0 Å². The molecule has 0 bridgehead atoms. The Kier molecular flexibility index (Phi) is 4.10. The molecule has 1 fully saturated rings. The lowest BCUT2D eigenvalue weighted by molar-refractivity contribution is -0.129. The molecule has 1 aliphatic heterocycles. The average molecular weight is 305 g/mol. The number of thioether (sulfide) groups is 1. The van der Waals surface area contributed by atoms with Crippen LogP contribution in [-0.4, -0.2) is 28.2 Å². The Balaban J connectivity index is 1.76. The van der Waals surface area contributed by atoms with E-state index in [4.69, 9.17) is 0 Å². The molecule has 0 saturated carbocycles. The SMILES string of the molecule is O=C1CSC(c2cccs2)N1CC(O)c1ccccc1. The first-order valence-corrected chi connectivity index (χ1v) is 8.36. The molecule has 1 aromatic carbocycles. The lowest BCUT2D eigenvalue weighted by Crippen LogP contribution is -2.32. The number of aliphatic hydroxyl groups is 1. The van der Waals surface area contributed by atoms with E-state index in [1.807, 2.05) is 47.8 Å². The second-order valence-electron chi connectivity index (χ2n) is 4.65. The van der Waals surface area contributed by atoms with Gasteiger partial charge in [-0.05, 0) is 17.0 Å². The van der Waals surface area contributed by atoms with Gasteiger partial charge in [-0.15, -0.1) is 23.1 Å². The Labute approximate surface area is 126 Å². The molecule has 0 aliphatic carbocycles. The number of hydrogen-bond acceptors (Lipinski definition) is 4. The van der Waals surface area contributed by atoms with Crippen LogP contribution in [0.5, 0.6) is 0 Å². The monoisotopic (exact) mass is 305 g/mol. The van der Waals surface area contributed by atoms with Crippen LogP contribution in [0, 0.1) is 0 Å². The third kappa shape index (κ3) is 2.75. The number of hydrogen-bond donors (Lipinski definition) is 1. The predicted octanol–water partition coefficient (Wildman–Crippen LogP) is 3.06. The van der Waals surface area contributed by atoms with Crippen molar-refractivity contribution in [2.45, 2.75) is 11.5 Å². The Morgan fingerprint density at radius 1 is 1.25 bits per heavy atom. The molecule has 2 atom stereocenters. The van der Waals surface area contributed by atoms with Gasteiger partial charge in [0.15, 0.2) is 0 Å². The molecule has 2 aromatic rings. The smallest absolute Gasteiger partial charge is 0.233 e. The van der Waals surface area contributed by atoms with Gasteiger partial charge in [-0.25, -0.2) is 0 Å². The van der Waals surface area contributed by atoms with E-state index in [2.05, 4.69) is 0 Å². The van der Waals surface area contributed by atoms with Gasteiger partial charge < -0.3 is 10.0 Å². The summed E-state index contributed by atoms with van der Waals surface area (Å²) < 4.78 is 0. The van der Waals surface area contributed by atoms with Gasteiger partial charge in [0.1, 0.15) is 5.37 Å². The van der Waals surface area contributed by atoms with E-state index in [9.17, 15) is 9.90 Å². The van der Waals surface area contributed by atoms with Crippen molar-refractivity contribution < 1.29 is 9.90 Å². The number of aliphatic hydroxyl groups excluding tert-OH is 1. The molecule has 0 spiro atoms. The lowest BCUT2D eigenvalue weighted by atomic mass is 10.1. The summed E-state index contributed by atoms with van der Waals surface area (Å²) >= 11 is 3.28. The van der Waals surface area contributed by atoms with Crippen LogP contribution in [0.2, 0.25) is 0 Å². The fraction of sp³-hybridized carbons (Fsp3) is 0.267. The minimum Gasteiger partial charge on any atom is -0.387 e. The zero-order valence-corrected chi connectivity index (χ0v) is 12.4. The number of carbonyl (C=O) groups excluding carboxylic acids is 1. The van der Waals surface area contributed by atoms with Crippen molar-refractivity contribution in [3.63, 3.8) is 0 Å². The minimum atomic E-state index is -0.638. The largest absolute Gasteiger partial charge is 0.387 e. The Morgan fingerprint density at radius 2 is 2.05 bits per heavy atom. The van der Waals surface area contributed by atoms with Crippen LogP contribution < -0.4 is 0 Å². The fourth-order valence-corrected chi connectivity index (χ4v) is 4.46. The van der Waals surface area contributed by atoms with E-state index in [-0.39, 0.29) is 11.3 Å². The second kappa shape index (κ2) is 5.99. The predicted molar refractivity (Wildman–Crippen MR) is 82.6 cm³/mol. The molecule has 2 unspecified atom stereocenters. The fourth-order valence-electron chi connectivity index (χ4n) is 2.29. The van der Waals surface area contributed by atoms with E-state index in [0.717, 1.165) is 5.56 Å². The molecule has 3 nitrogen and oxygen atoms in total. The Morgan fingerprint density at radius 3 is 2.75 bits per heavy atom. The summed E-state index contributed by atoms with van der Waals surface area (Å²) in [5.41, 5.74) is 0.849. The molecule has 1 aromatic heterocycles. The van der Waals surface area contributed by atoms with E-state index in [0.29, 0.717) is 12.3 Å². The normalized spacial score (nSPS) is 20.4. The van der Waals surface area contributed by atoms with E-state index in [1.165, 1.54) is 4.88 Å². The van der Waals surface area contributed by atoms with Crippen LogP contribution in [0.15, 0.2) is 47.8 Å². The van der Waals surface area contributed by atoms with Gasteiger partial charge in [-0.3, -0.25) is 4.79 Å². The maximum atomic E-state index is 12.0. The highest BCUT2D eigenvalue weighted by molar-refractivity contribution is 8.00. The van der Waals surface area contributed by atoms with Crippen molar-refractivity contribution in [1.82, 2.24) is 4.90 Å². The van der Waals surface area contributed by atoms with Gasteiger partial charge in [0.2, 0.25) is 5.91 Å². The van der Waals surface area contributed by atoms with Crippen LogP contribution in [0.1, 0.15) is 21.9 Å². The first-order valence-electron chi connectivity index (χ1n) is 6.43. The molecule has 1 amide bonds. The first kappa shape index (κ1) is 13.7. The van der Waals surface area contributed by atoms with Crippen molar-refractivity contribution in [2.75, 3.05) is 12.3 Å². The van der Waals surface area contributed by atoms with Gasteiger partial charge in [-0.2, -0.15) is 0 Å². The minimum absolute atomic E-state index is 0.0425. The first-order chi connectivity index (χ1) is 9.75. The second-order valence-corrected chi connectivity index (χ2v) is 6.70. The van der Waals surface area contributed by atoms with Gasteiger partial charge in [0.05, 0.1) is 18.4 Å². The third-order valence-corrected chi connectivity index (χ3v) is 5.62. The zero-order chi connectivity index (χ0) is 13.9. The number of rotatable bonds is 4. The summed E-state index contributed by atoms with van der Waals surface area (Å²) in [7, 11) is 0. The number of β-amino-alcohol motifs (C(OH)–C–C–N with tert-alkyl or cyclic N) is 1. The molecular formula is C15H15NO2S2. The van der Waals surface area contributed by atoms with Crippen LogP contribution in [0.4, 0.5) is 0 Å². The molecular weight excluding hydrogens is 290 g/mol. The molecule has 1 N–H and O–H groups in total. The highest BCUT2D eigenvalue weighted by atomic mass is 32.2. The third-order valence-electron chi connectivity index (χ3n) is 3.31. The molecule has 20 heavy (non-hydrogen) atoms. The molecule has 104 valence electrons. The summed E-state index contributed by atoms with van der Waals surface area (Å²) in [5.74, 6) is 0.591. The maximum Gasteiger partial charge on any atom is 0.233 e. The summed E-state index contributed by atoms with van der Waals surface area (Å²) in [6, 6.07) is 13.5. The highest BCUT2D eigenvalue weighted by Crippen LogP contribution is 2.41. The van der Waals surface area contributed by atoms with Gasteiger partial charge >= 0.3 is 0 Å². The van der Waals surface area contributed by atoms with Crippen molar-refractivity contribution in [3.8, 4) is 0 Å². The van der Waals surface area contributed by atoms with Crippen molar-refractivity contribution in [1.29, 1.82) is 0 Å². The number of nitrogens with zero attached hydrogens (tertiary/aromatic N) is 1. The summed E-state index contributed by atoms with van der Waals surface area (Å²) in [6.45, 7) is 0.346. The van der Waals surface area contributed by atoms with Gasteiger partial charge in [0, 0.05) is 4.88 Å². The van der Waals surface area contributed by atoms with Crippen molar-refractivity contribution >= 4 is 29.0 Å². The number of carbonyl (C=O) groups is 1. The van der Waals surface area contributed by atoms with Crippen molar-refractivity contribution in [3.05, 3.63) is 58.3 Å². The average Bonchev–Trinajstić information content (AvgIpc) is 3.11. The summed E-state index contributed by atoms with van der Waals surface area (Å²) in [4.78, 5) is 15.0. The van der Waals surface area contributed by atoms with Gasteiger partial charge in [0.25, 0.3) is 0 Å². The molecule has 1 aliphatic rings.